The molecule has 6 nitrogen and oxygen atoms in total. The topological polar surface area (TPSA) is 115 Å². The van der Waals surface area contributed by atoms with E-state index in [4.69, 9.17) is 17.2 Å². The van der Waals surface area contributed by atoms with Crippen LogP contribution in [0.3, 0.4) is 0 Å². The van der Waals surface area contributed by atoms with Crippen molar-refractivity contribution in [1.82, 2.24) is 0 Å². The Morgan fingerprint density at radius 3 is 2.06 bits per heavy atom. The maximum Gasteiger partial charge on any atom is 0.236 e. The number of hydrogen-bond donors (Lipinski definition) is 3. The van der Waals surface area contributed by atoms with Crippen molar-refractivity contribution in [3.8, 4) is 0 Å². The van der Waals surface area contributed by atoms with Crippen LogP contribution in [-0.2, 0) is 9.59 Å². The number of anilines is 2. The van der Waals surface area contributed by atoms with Crippen LogP contribution in [0.25, 0.3) is 0 Å². The van der Waals surface area contributed by atoms with Crippen LogP contribution < -0.4 is 22.1 Å². The molecule has 8 heteroatoms. The Kier molecular flexibility index (Phi) is 4.03. The third-order valence-corrected chi connectivity index (χ3v) is 2.11. The highest BCUT2D eigenvalue weighted by atomic mass is 19.1. The number of hydrogen-bond acceptors (Lipinski definition) is 4. The van der Waals surface area contributed by atoms with Crippen LogP contribution in [0.5, 0.6) is 0 Å². The number of nitrogens with zero attached hydrogens (tertiary/aromatic N) is 1. The van der Waals surface area contributed by atoms with Crippen LogP contribution in [0, 0.1) is 11.6 Å². The van der Waals surface area contributed by atoms with Gasteiger partial charge in [0.05, 0.1) is 24.5 Å². The fourth-order valence-electron chi connectivity index (χ4n) is 1.44. The van der Waals surface area contributed by atoms with Gasteiger partial charge in [-0.1, -0.05) is 0 Å². The highest BCUT2D eigenvalue weighted by Gasteiger charge is 2.18. The van der Waals surface area contributed by atoms with E-state index < -0.39 is 36.5 Å². The normalized spacial score (nSPS) is 10.1. The number of nitrogen functional groups attached to an aromatic ring is 1. The van der Waals surface area contributed by atoms with Crippen molar-refractivity contribution in [2.45, 2.75) is 0 Å². The first kappa shape index (κ1) is 13.7. The summed E-state index contributed by atoms with van der Waals surface area (Å²) in [6.45, 7) is -0.869. The van der Waals surface area contributed by atoms with Crippen LogP contribution >= 0.6 is 0 Å². The minimum absolute atomic E-state index is 0.148. The Morgan fingerprint density at radius 1 is 1.11 bits per heavy atom. The fourth-order valence-corrected chi connectivity index (χ4v) is 1.44. The van der Waals surface area contributed by atoms with Crippen molar-refractivity contribution >= 4 is 23.2 Å². The SMILES string of the molecule is NC(=O)CN(CC(N)=O)c1cc(F)cc(F)c1N. The lowest BCUT2D eigenvalue weighted by atomic mass is 10.2. The quantitative estimate of drug-likeness (QED) is 0.607. The lowest BCUT2D eigenvalue weighted by Gasteiger charge is -2.23. The Balaban J connectivity index is 3.19. The van der Waals surface area contributed by atoms with Gasteiger partial charge in [0.1, 0.15) is 5.82 Å². The highest BCUT2D eigenvalue weighted by Crippen LogP contribution is 2.26. The summed E-state index contributed by atoms with van der Waals surface area (Å²) in [5.41, 5.74) is 14.8. The number of carbonyl (C=O) groups is 2. The van der Waals surface area contributed by atoms with E-state index in [1.165, 1.54) is 0 Å². The molecule has 0 aliphatic rings. The summed E-state index contributed by atoms with van der Waals surface area (Å²) < 4.78 is 26.3. The van der Waals surface area contributed by atoms with Crippen molar-refractivity contribution in [2.24, 2.45) is 11.5 Å². The molecule has 0 aliphatic heterocycles. The van der Waals surface area contributed by atoms with Gasteiger partial charge in [-0.2, -0.15) is 0 Å². The summed E-state index contributed by atoms with van der Waals surface area (Å²) in [5.74, 6) is -3.47. The lowest BCUT2D eigenvalue weighted by Crippen LogP contribution is -2.40. The van der Waals surface area contributed by atoms with Gasteiger partial charge in [-0.05, 0) is 6.07 Å². The van der Waals surface area contributed by atoms with Gasteiger partial charge in [0.25, 0.3) is 0 Å². The number of rotatable bonds is 5. The lowest BCUT2D eigenvalue weighted by molar-refractivity contribution is -0.117. The molecule has 0 heterocycles. The Hall–Kier alpha value is -2.38. The molecule has 0 spiro atoms. The molecule has 1 aromatic rings. The maximum absolute atomic E-state index is 13.3. The molecule has 1 rings (SSSR count). The zero-order valence-corrected chi connectivity index (χ0v) is 9.32. The summed E-state index contributed by atoms with van der Waals surface area (Å²) >= 11 is 0. The zero-order chi connectivity index (χ0) is 13.9. The van der Waals surface area contributed by atoms with Crippen LogP contribution in [-0.4, -0.2) is 24.9 Å². The molecular formula is C10H12F2N4O2. The van der Waals surface area contributed by atoms with Crippen molar-refractivity contribution in [2.75, 3.05) is 23.7 Å². The molecule has 98 valence electrons. The molecule has 0 atom stereocenters. The number of halogens is 2. The third kappa shape index (κ3) is 3.30. The van der Waals surface area contributed by atoms with E-state index in [0.717, 1.165) is 11.0 Å². The average molecular weight is 258 g/mol. The monoisotopic (exact) mass is 258 g/mol. The summed E-state index contributed by atoms with van der Waals surface area (Å²) in [5, 5.41) is 0. The van der Waals surface area contributed by atoms with E-state index in [9.17, 15) is 18.4 Å². The Labute approximate surface area is 101 Å². The fraction of sp³-hybridized carbons (Fsp3) is 0.200. The molecular weight excluding hydrogens is 246 g/mol. The predicted molar refractivity (Wildman–Crippen MR) is 61.4 cm³/mol. The van der Waals surface area contributed by atoms with Crippen LogP contribution in [0.2, 0.25) is 0 Å². The van der Waals surface area contributed by atoms with Crippen LogP contribution in [0.4, 0.5) is 20.2 Å². The molecule has 1 aromatic carbocycles. The summed E-state index contributed by atoms with van der Waals surface area (Å²) in [4.78, 5) is 22.7. The van der Waals surface area contributed by atoms with Crippen LogP contribution in [0.1, 0.15) is 0 Å². The van der Waals surface area contributed by atoms with Gasteiger partial charge in [0.2, 0.25) is 11.8 Å². The predicted octanol–water partition coefficient (Wildman–Crippen LogP) is -0.676. The molecule has 6 N–H and O–H groups in total. The molecule has 0 fully saturated rings. The molecule has 18 heavy (non-hydrogen) atoms. The molecule has 0 bridgehead atoms. The number of benzene rings is 1. The van der Waals surface area contributed by atoms with Gasteiger partial charge >= 0.3 is 0 Å². The van der Waals surface area contributed by atoms with E-state index in [-0.39, 0.29) is 11.4 Å². The first-order chi connectivity index (χ1) is 8.31. The molecule has 0 aliphatic carbocycles. The summed E-state index contributed by atoms with van der Waals surface area (Å²) in [7, 11) is 0. The minimum Gasteiger partial charge on any atom is -0.395 e. The van der Waals surface area contributed by atoms with E-state index >= 15 is 0 Å². The first-order valence-corrected chi connectivity index (χ1v) is 4.87. The summed E-state index contributed by atoms with van der Waals surface area (Å²) in [6, 6.07) is 1.48. The van der Waals surface area contributed by atoms with E-state index in [1.807, 2.05) is 0 Å². The van der Waals surface area contributed by atoms with Crippen molar-refractivity contribution in [3.63, 3.8) is 0 Å². The van der Waals surface area contributed by atoms with Crippen LogP contribution in [0.15, 0.2) is 12.1 Å². The number of nitrogens with two attached hydrogens (primary N) is 3. The van der Waals surface area contributed by atoms with Gasteiger partial charge in [-0.3, -0.25) is 9.59 Å². The number of amides is 2. The molecule has 0 radical (unpaired) electrons. The van der Waals surface area contributed by atoms with Crippen molar-refractivity contribution < 1.29 is 18.4 Å². The van der Waals surface area contributed by atoms with E-state index in [2.05, 4.69) is 0 Å². The highest BCUT2D eigenvalue weighted by molar-refractivity contribution is 5.87. The van der Waals surface area contributed by atoms with Gasteiger partial charge in [-0.25, -0.2) is 8.78 Å². The van der Waals surface area contributed by atoms with E-state index in [1.54, 1.807) is 0 Å². The second-order valence-electron chi connectivity index (χ2n) is 3.61. The molecule has 0 unspecified atom stereocenters. The molecule has 2 amide bonds. The molecule has 0 saturated carbocycles. The van der Waals surface area contributed by atoms with Gasteiger partial charge < -0.3 is 22.1 Å². The maximum atomic E-state index is 13.3. The second-order valence-corrected chi connectivity index (χ2v) is 3.61. The smallest absolute Gasteiger partial charge is 0.236 e. The zero-order valence-electron chi connectivity index (χ0n) is 9.32. The van der Waals surface area contributed by atoms with Crippen molar-refractivity contribution in [1.29, 1.82) is 0 Å². The largest absolute Gasteiger partial charge is 0.395 e. The van der Waals surface area contributed by atoms with Gasteiger partial charge in [0.15, 0.2) is 5.82 Å². The Morgan fingerprint density at radius 2 is 1.61 bits per heavy atom. The Bertz CT molecular complexity index is 477. The number of primary amides is 2. The standard InChI is InChI=1S/C10H12F2N4O2/c11-5-1-6(12)10(15)7(2-5)16(3-8(13)17)4-9(14)18/h1-2H,3-4,15H2,(H2,13,17)(H2,14,18). The van der Waals surface area contributed by atoms with E-state index in [0.29, 0.717) is 6.07 Å². The molecule has 0 aromatic heterocycles. The number of carbonyl (C=O) groups excluding carboxylic acids is 2. The molecule has 0 saturated heterocycles. The second kappa shape index (κ2) is 5.30. The van der Waals surface area contributed by atoms with Crippen molar-refractivity contribution in [3.05, 3.63) is 23.8 Å². The minimum atomic E-state index is -0.996. The first-order valence-electron chi connectivity index (χ1n) is 4.87. The van der Waals surface area contributed by atoms with Gasteiger partial charge in [0, 0.05) is 6.07 Å². The van der Waals surface area contributed by atoms with Gasteiger partial charge in [-0.15, -0.1) is 0 Å². The average Bonchev–Trinajstić information content (AvgIpc) is 2.21. The third-order valence-electron chi connectivity index (χ3n) is 2.11. The summed E-state index contributed by atoms with van der Waals surface area (Å²) in [6.07, 6.45) is 0.